The Balaban J connectivity index is 2.40. The lowest BCUT2D eigenvalue weighted by atomic mass is 9.98. The topological polar surface area (TPSA) is 43.8 Å². The fourth-order valence-electron chi connectivity index (χ4n) is 1.99. The molecule has 0 aliphatic heterocycles. The molecule has 3 nitrogen and oxygen atoms in total. The Morgan fingerprint density at radius 3 is 2.88 bits per heavy atom. The van der Waals surface area contributed by atoms with Crippen molar-refractivity contribution in [3.63, 3.8) is 0 Å². The van der Waals surface area contributed by atoms with Gasteiger partial charge in [0.05, 0.1) is 12.4 Å². The van der Waals surface area contributed by atoms with E-state index in [1.165, 1.54) is 0 Å². The molecule has 90 valence electrons. The lowest BCUT2D eigenvalue weighted by Crippen LogP contribution is -2.32. The minimum Gasteiger partial charge on any atom is -0.328 e. The number of rotatable bonds is 4. The van der Waals surface area contributed by atoms with Gasteiger partial charge in [0.25, 0.3) is 0 Å². The fourth-order valence-corrected chi connectivity index (χ4v) is 2.19. The van der Waals surface area contributed by atoms with Gasteiger partial charge in [-0.25, -0.2) is 4.98 Å². The first kappa shape index (κ1) is 12.1. The van der Waals surface area contributed by atoms with Gasteiger partial charge in [-0.05, 0) is 24.1 Å². The molecule has 0 aliphatic rings. The molecule has 2 unspecified atom stereocenters. The summed E-state index contributed by atoms with van der Waals surface area (Å²) in [7, 11) is 0. The zero-order valence-corrected chi connectivity index (χ0v) is 10.5. The molecular weight excluding hydrogens is 234 g/mol. The second kappa shape index (κ2) is 5.34. The molecule has 0 saturated heterocycles. The molecule has 1 heterocycles. The summed E-state index contributed by atoms with van der Waals surface area (Å²) in [5.41, 5.74) is 7.31. The number of aromatic nitrogens is 2. The lowest BCUT2D eigenvalue weighted by molar-refractivity contribution is 0.458. The van der Waals surface area contributed by atoms with Crippen molar-refractivity contribution in [3.05, 3.63) is 53.6 Å². The number of imidazole rings is 1. The normalized spacial score (nSPS) is 14.5. The molecule has 0 radical (unpaired) electrons. The van der Waals surface area contributed by atoms with Crippen molar-refractivity contribution < 1.29 is 0 Å². The van der Waals surface area contributed by atoms with Gasteiger partial charge in [0, 0.05) is 23.5 Å². The first-order valence-electron chi connectivity index (χ1n) is 5.71. The highest BCUT2D eigenvalue weighted by Gasteiger charge is 2.19. The smallest absolute Gasteiger partial charge is 0.0952 e. The Bertz CT molecular complexity index is 467. The van der Waals surface area contributed by atoms with Crippen LogP contribution >= 0.6 is 11.6 Å². The molecule has 1 aromatic heterocycles. The molecule has 0 fully saturated rings. The number of hydrogen-bond acceptors (Lipinski definition) is 2. The van der Waals surface area contributed by atoms with Gasteiger partial charge >= 0.3 is 0 Å². The van der Waals surface area contributed by atoms with Crippen LogP contribution in [0, 0.1) is 0 Å². The van der Waals surface area contributed by atoms with Crippen LogP contribution in [0.15, 0.2) is 43.0 Å². The highest BCUT2D eigenvalue weighted by molar-refractivity contribution is 6.30. The third-order valence-corrected chi connectivity index (χ3v) is 3.15. The van der Waals surface area contributed by atoms with E-state index in [4.69, 9.17) is 17.3 Å². The summed E-state index contributed by atoms with van der Waals surface area (Å²) in [6, 6.07) is 7.95. The standard InChI is InChI=1S/C13H16ClN3/c1-2-12(15)13(17-7-6-16-9-17)10-4-3-5-11(14)8-10/h3-9,12-13H,2,15H2,1H3. The van der Waals surface area contributed by atoms with Crippen LogP contribution < -0.4 is 5.73 Å². The summed E-state index contributed by atoms with van der Waals surface area (Å²) < 4.78 is 2.03. The molecule has 2 atom stereocenters. The van der Waals surface area contributed by atoms with Crippen molar-refractivity contribution in [2.24, 2.45) is 5.73 Å². The summed E-state index contributed by atoms with van der Waals surface area (Å²) in [5, 5.41) is 0.732. The molecular formula is C13H16ClN3. The van der Waals surface area contributed by atoms with Crippen LogP contribution in [0.1, 0.15) is 24.9 Å². The molecule has 0 saturated carbocycles. The highest BCUT2D eigenvalue weighted by Crippen LogP contribution is 2.24. The number of nitrogens with two attached hydrogens (primary N) is 1. The van der Waals surface area contributed by atoms with Crippen LogP contribution in [-0.2, 0) is 0 Å². The minimum absolute atomic E-state index is 0.0441. The molecule has 2 N–H and O–H groups in total. The van der Waals surface area contributed by atoms with Gasteiger partial charge in [-0.2, -0.15) is 0 Å². The first-order valence-corrected chi connectivity index (χ1v) is 6.08. The van der Waals surface area contributed by atoms with E-state index in [1.54, 1.807) is 12.5 Å². The van der Waals surface area contributed by atoms with Crippen LogP contribution in [-0.4, -0.2) is 15.6 Å². The molecule has 4 heteroatoms. The second-order valence-electron chi connectivity index (χ2n) is 4.08. The molecule has 0 amide bonds. The zero-order chi connectivity index (χ0) is 12.3. The Morgan fingerprint density at radius 2 is 2.29 bits per heavy atom. The molecule has 0 spiro atoms. The Labute approximate surface area is 106 Å². The van der Waals surface area contributed by atoms with Gasteiger partial charge in [-0.15, -0.1) is 0 Å². The van der Waals surface area contributed by atoms with Crippen LogP contribution in [0.2, 0.25) is 5.02 Å². The third-order valence-electron chi connectivity index (χ3n) is 2.91. The maximum atomic E-state index is 6.20. The van der Waals surface area contributed by atoms with Crippen LogP contribution in [0.5, 0.6) is 0 Å². The van der Waals surface area contributed by atoms with Crippen molar-refractivity contribution >= 4 is 11.6 Å². The van der Waals surface area contributed by atoms with Crippen LogP contribution in [0.4, 0.5) is 0 Å². The van der Waals surface area contributed by atoms with E-state index in [2.05, 4.69) is 11.9 Å². The number of nitrogens with zero attached hydrogens (tertiary/aromatic N) is 2. The van der Waals surface area contributed by atoms with Gasteiger partial charge in [0.2, 0.25) is 0 Å². The molecule has 0 bridgehead atoms. The predicted molar refractivity (Wildman–Crippen MR) is 70.1 cm³/mol. The average molecular weight is 250 g/mol. The molecule has 2 rings (SSSR count). The second-order valence-corrected chi connectivity index (χ2v) is 4.52. The lowest BCUT2D eigenvalue weighted by Gasteiger charge is -2.24. The maximum absolute atomic E-state index is 6.20. The van der Waals surface area contributed by atoms with Crippen molar-refractivity contribution in [3.8, 4) is 0 Å². The highest BCUT2D eigenvalue weighted by atomic mass is 35.5. The Morgan fingerprint density at radius 1 is 1.47 bits per heavy atom. The Hall–Kier alpha value is -1.32. The average Bonchev–Trinajstić information content (AvgIpc) is 2.83. The summed E-state index contributed by atoms with van der Waals surface area (Å²) in [6.07, 6.45) is 6.39. The van der Waals surface area contributed by atoms with E-state index < -0.39 is 0 Å². The van der Waals surface area contributed by atoms with Crippen LogP contribution in [0.3, 0.4) is 0 Å². The van der Waals surface area contributed by atoms with Crippen LogP contribution in [0.25, 0.3) is 0 Å². The number of benzene rings is 1. The van der Waals surface area contributed by atoms with Crippen molar-refractivity contribution in [2.45, 2.75) is 25.4 Å². The zero-order valence-electron chi connectivity index (χ0n) is 9.75. The van der Waals surface area contributed by atoms with E-state index >= 15 is 0 Å². The van der Waals surface area contributed by atoms with E-state index in [0.29, 0.717) is 0 Å². The largest absolute Gasteiger partial charge is 0.328 e. The molecule has 17 heavy (non-hydrogen) atoms. The van der Waals surface area contributed by atoms with Gasteiger partial charge in [-0.1, -0.05) is 30.7 Å². The molecule has 0 aliphatic carbocycles. The van der Waals surface area contributed by atoms with Crippen molar-refractivity contribution in [1.29, 1.82) is 0 Å². The fraction of sp³-hybridized carbons (Fsp3) is 0.308. The van der Waals surface area contributed by atoms with Gasteiger partial charge < -0.3 is 10.3 Å². The van der Waals surface area contributed by atoms with Crippen molar-refractivity contribution in [1.82, 2.24) is 9.55 Å². The molecule has 2 aromatic rings. The number of hydrogen-bond donors (Lipinski definition) is 1. The minimum atomic E-state index is 0.0441. The van der Waals surface area contributed by atoms with E-state index in [-0.39, 0.29) is 12.1 Å². The number of halogens is 1. The third kappa shape index (κ3) is 2.68. The SMILES string of the molecule is CCC(N)C(c1cccc(Cl)c1)n1ccnc1. The van der Waals surface area contributed by atoms with Gasteiger partial charge in [-0.3, -0.25) is 0 Å². The molecule has 1 aromatic carbocycles. The summed E-state index contributed by atoms with van der Waals surface area (Å²) in [6.45, 7) is 2.08. The maximum Gasteiger partial charge on any atom is 0.0952 e. The summed E-state index contributed by atoms with van der Waals surface area (Å²) in [5.74, 6) is 0. The van der Waals surface area contributed by atoms with Crippen molar-refractivity contribution in [2.75, 3.05) is 0 Å². The van der Waals surface area contributed by atoms with Gasteiger partial charge in [0.15, 0.2) is 0 Å². The van der Waals surface area contributed by atoms with Gasteiger partial charge in [0.1, 0.15) is 0 Å². The summed E-state index contributed by atoms with van der Waals surface area (Å²) in [4.78, 5) is 4.08. The van der Waals surface area contributed by atoms with E-state index in [9.17, 15) is 0 Å². The monoisotopic (exact) mass is 249 g/mol. The summed E-state index contributed by atoms with van der Waals surface area (Å²) >= 11 is 6.03. The quantitative estimate of drug-likeness (QED) is 0.906. The van der Waals surface area contributed by atoms with E-state index in [1.807, 2.05) is 35.0 Å². The van der Waals surface area contributed by atoms with E-state index in [0.717, 1.165) is 17.0 Å². The first-order chi connectivity index (χ1) is 8.22. The Kier molecular flexibility index (Phi) is 3.82. The predicted octanol–water partition coefficient (Wildman–Crippen LogP) is 2.86.